The highest BCUT2D eigenvalue weighted by Gasteiger charge is 2.61. The summed E-state index contributed by atoms with van der Waals surface area (Å²) >= 11 is 0. The van der Waals surface area contributed by atoms with Gasteiger partial charge in [0.15, 0.2) is 5.78 Å². The summed E-state index contributed by atoms with van der Waals surface area (Å²) in [4.78, 5) is 58.4. The minimum Gasteiger partial charge on any atom is -0.394 e. The van der Waals surface area contributed by atoms with Gasteiger partial charge in [-0.3, -0.25) is 24.0 Å². The lowest BCUT2D eigenvalue weighted by atomic mass is 9.77. The third kappa shape index (κ3) is 2.60. The fourth-order valence-electron chi connectivity index (χ4n) is 2.58. The summed E-state index contributed by atoms with van der Waals surface area (Å²) in [7, 11) is 0. The molecule has 0 aromatic carbocycles. The predicted octanol–water partition coefficient (Wildman–Crippen LogP) is -4.99. The Bertz CT molecular complexity index is 623. The van der Waals surface area contributed by atoms with Crippen molar-refractivity contribution in [3.63, 3.8) is 0 Å². The number of carbonyl (C=O) groups excluding carboxylic acids is 5. The van der Waals surface area contributed by atoms with Crippen molar-refractivity contribution >= 4 is 28.9 Å². The molecule has 1 heterocycles. The number of aliphatic hydroxyl groups excluding tert-OH is 4. The van der Waals surface area contributed by atoms with Gasteiger partial charge in [0.25, 0.3) is 11.6 Å². The van der Waals surface area contributed by atoms with Crippen LogP contribution in [0.5, 0.6) is 0 Å². The highest BCUT2D eigenvalue weighted by Crippen LogP contribution is 2.32. The van der Waals surface area contributed by atoms with Gasteiger partial charge in [-0.2, -0.15) is 0 Å². The second-order valence-electron chi connectivity index (χ2n) is 5.52. The van der Waals surface area contributed by atoms with E-state index in [9.17, 15) is 44.4 Å². The van der Waals surface area contributed by atoms with E-state index in [4.69, 9.17) is 5.11 Å². The fourth-order valence-corrected chi connectivity index (χ4v) is 2.58. The van der Waals surface area contributed by atoms with Crippen LogP contribution in [0.25, 0.3) is 0 Å². The average molecular weight is 346 g/mol. The van der Waals surface area contributed by atoms with E-state index in [0.717, 1.165) is 0 Å². The van der Waals surface area contributed by atoms with E-state index in [-0.39, 0.29) is 0 Å². The van der Waals surface area contributed by atoms with Gasteiger partial charge in [0.05, 0.1) is 13.0 Å². The highest BCUT2D eigenvalue weighted by atomic mass is 16.7. The molecule has 0 amide bonds. The molecule has 1 aliphatic carbocycles. The molecule has 1 saturated carbocycles. The Labute approximate surface area is 133 Å². The summed E-state index contributed by atoms with van der Waals surface area (Å²) in [5.41, 5.74) is 0. The van der Waals surface area contributed by atoms with Gasteiger partial charge in [0.1, 0.15) is 30.3 Å². The molecule has 11 heteroatoms. The van der Waals surface area contributed by atoms with Gasteiger partial charge in [-0.25, -0.2) is 0 Å². The molecule has 132 valence electrons. The molecule has 0 aromatic heterocycles. The molecule has 11 nitrogen and oxygen atoms in total. The maximum Gasteiger partial charge on any atom is 0.265 e. The van der Waals surface area contributed by atoms with Gasteiger partial charge in [-0.15, -0.1) is 0 Å². The quantitative estimate of drug-likeness (QED) is 0.242. The Balaban J connectivity index is 2.39. The van der Waals surface area contributed by atoms with E-state index in [1.807, 2.05) is 0 Å². The molecule has 2 aliphatic rings. The molecule has 1 unspecified atom stereocenters. The first-order valence-electron chi connectivity index (χ1n) is 6.79. The first-order valence-corrected chi connectivity index (χ1v) is 6.79. The topological polar surface area (TPSA) is 196 Å². The zero-order chi connectivity index (χ0) is 18.4. The zero-order valence-electron chi connectivity index (χ0n) is 12.0. The smallest absolute Gasteiger partial charge is 0.265 e. The van der Waals surface area contributed by atoms with Gasteiger partial charge in [0.2, 0.25) is 17.3 Å². The molecule has 24 heavy (non-hydrogen) atoms. The Morgan fingerprint density at radius 2 is 1.71 bits per heavy atom. The number of hydrogen-bond donors (Lipinski definition) is 5. The van der Waals surface area contributed by atoms with Crippen LogP contribution in [0.15, 0.2) is 0 Å². The van der Waals surface area contributed by atoms with Crippen molar-refractivity contribution in [2.24, 2.45) is 5.92 Å². The molecule has 0 spiro atoms. The van der Waals surface area contributed by atoms with Crippen molar-refractivity contribution in [3.05, 3.63) is 0 Å². The van der Waals surface area contributed by atoms with Crippen LogP contribution >= 0.6 is 0 Å². The molecule has 6 atom stereocenters. The van der Waals surface area contributed by atoms with Crippen molar-refractivity contribution in [3.8, 4) is 0 Å². The zero-order valence-corrected chi connectivity index (χ0v) is 12.0. The summed E-state index contributed by atoms with van der Waals surface area (Å²) in [6, 6.07) is 0. The standard InChI is InChI=1S/C13H14O11/c14-2-5-8(18)10(20)12(22)13(23,24-5)11(21)6-3(15)1-4(16)7(17)9(6)19/h5-6,8,10,12,14,18,20,22-23H,1-2H2/t5-,6?,8-,10+,12-,13-/m1/s1. The number of aliphatic hydroxyl groups is 5. The van der Waals surface area contributed by atoms with Crippen molar-refractivity contribution in [2.75, 3.05) is 6.61 Å². The molecular formula is C13H14O11. The third-order valence-corrected chi connectivity index (χ3v) is 3.98. The number of ether oxygens (including phenoxy) is 1. The number of hydrogen-bond acceptors (Lipinski definition) is 11. The Hall–Kier alpha value is -1.89. The SMILES string of the molecule is O=C1CC(=O)C(C(=O)[C@@]2(O)O[C@H](CO)[C@@H](O)[C@H](O)[C@H]2O)C(=O)C1=O. The normalized spacial score (nSPS) is 40.8. The fraction of sp³-hybridized carbons (Fsp3) is 0.615. The van der Waals surface area contributed by atoms with Crippen LogP contribution < -0.4 is 0 Å². The number of ketones is 5. The molecule has 0 bridgehead atoms. The van der Waals surface area contributed by atoms with Crippen LogP contribution in [-0.2, 0) is 28.7 Å². The molecule has 2 fully saturated rings. The van der Waals surface area contributed by atoms with Gasteiger partial charge < -0.3 is 30.3 Å². The molecule has 0 radical (unpaired) electrons. The summed E-state index contributed by atoms with van der Waals surface area (Å²) in [5, 5.41) is 48.3. The number of Topliss-reactive ketones (excluding diaryl/α,β-unsaturated/α-hetero) is 5. The van der Waals surface area contributed by atoms with Crippen molar-refractivity contribution in [2.45, 2.75) is 36.6 Å². The predicted molar refractivity (Wildman–Crippen MR) is 68.1 cm³/mol. The molecule has 1 saturated heterocycles. The molecular weight excluding hydrogens is 332 g/mol. The van der Waals surface area contributed by atoms with E-state index < -0.39 is 78.1 Å². The summed E-state index contributed by atoms with van der Waals surface area (Å²) < 4.78 is 4.69. The Morgan fingerprint density at radius 3 is 2.25 bits per heavy atom. The minimum absolute atomic E-state index is 0.982. The van der Waals surface area contributed by atoms with Gasteiger partial charge in [0, 0.05) is 0 Å². The minimum atomic E-state index is -3.34. The lowest BCUT2D eigenvalue weighted by Gasteiger charge is -2.45. The monoisotopic (exact) mass is 346 g/mol. The van der Waals surface area contributed by atoms with Crippen molar-refractivity contribution in [1.82, 2.24) is 0 Å². The van der Waals surface area contributed by atoms with E-state index in [1.165, 1.54) is 0 Å². The van der Waals surface area contributed by atoms with Gasteiger partial charge in [-0.05, 0) is 0 Å². The van der Waals surface area contributed by atoms with Crippen molar-refractivity contribution in [1.29, 1.82) is 0 Å². The maximum absolute atomic E-state index is 12.4. The molecule has 0 aromatic rings. The first kappa shape index (κ1) is 18.4. The van der Waals surface area contributed by atoms with Crippen LogP contribution in [0.4, 0.5) is 0 Å². The Kier molecular flexibility index (Phi) is 4.77. The summed E-state index contributed by atoms with van der Waals surface area (Å²) in [6.45, 7) is -0.982. The number of rotatable bonds is 3. The summed E-state index contributed by atoms with van der Waals surface area (Å²) in [6.07, 6.45) is -9.27. The molecule has 1 aliphatic heterocycles. The maximum atomic E-state index is 12.4. The van der Waals surface area contributed by atoms with Crippen LogP contribution in [0.1, 0.15) is 6.42 Å². The lowest BCUT2D eigenvalue weighted by molar-refractivity contribution is -0.331. The molecule has 5 N–H and O–H groups in total. The first-order chi connectivity index (χ1) is 11.1. The highest BCUT2D eigenvalue weighted by molar-refractivity contribution is 6.71. The second kappa shape index (κ2) is 6.20. The second-order valence-corrected chi connectivity index (χ2v) is 5.52. The van der Waals surface area contributed by atoms with E-state index in [0.29, 0.717) is 0 Å². The van der Waals surface area contributed by atoms with Gasteiger partial charge in [-0.1, -0.05) is 0 Å². The van der Waals surface area contributed by atoms with Crippen LogP contribution in [0.3, 0.4) is 0 Å². The number of carbonyl (C=O) groups is 5. The largest absolute Gasteiger partial charge is 0.394 e. The van der Waals surface area contributed by atoms with E-state index in [1.54, 1.807) is 0 Å². The van der Waals surface area contributed by atoms with E-state index >= 15 is 0 Å². The van der Waals surface area contributed by atoms with Crippen molar-refractivity contribution < 1.29 is 54.2 Å². The summed E-state index contributed by atoms with van der Waals surface area (Å²) in [5.74, 6) is -13.4. The van der Waals surface area contributed by atoms with Gasteiger partial charge >= 0.3 is 0 Å². The lowest BCUT2D eigenvalue weighted by Crippen LogP contribution is -2.70. The third-order valence-electron chi connectivity index (χ3n) is 3.98. The Morgan fingerprint density at radius 1 is 1.12 bits per heavy atom. The average Bonchev–Trinajstić information content (AvgIpc) is 2.54. The van der Waals surface area contributed by atoms with Crippen LogP contribution in [0.2, 0.25) is 0 Å². The molecule has 2 rings (SSSR count). The van der Waals surface area contributed by atoms with E-state index in [2.05, 4.69) is 4.74 Å². The van der Waals surface area contributed by atoms with Crippen LogP contribution in [0, 0.1) is 5.92 Å². The van der Waals surface area contributed by atoms with Crippen LogP contribution in [-0.4, -0.2) is 91.3 Å².